The minimum absolute atomic E-state index is 1.22. The summed E-state index contributed by atoms with van der Waals surface area (Å²) in [6.45, 7) is 0. The average molecular weight is 715 g/mol. The highest BCUT2D eigenvalue weighted by Gasteiger charge is 2.41. The van der Waals surface area contributed by atoms with Crippen LogP contribution in [0.3, 0.4) is 0 Å². The van der Waals surface area contributed by atoms with Crippen molar-refractivity contribution in [2.45, 2.75) is 0 Å². The molecule has 0 unspecified atom stereocenters. The van der Waals surface area contributed by atoms with E-state index in [0.29, 0.717) is 0 Å². The van der Waals surface area contributed by atoms with Crippen molar-refractivity contribution in [1.82, 2.24) is 0 Å². The van der Waals surface area contributed by atoms with Crippen LogP contribution in [0.4, 0.5) is 0 Å². The predicted molar refractivity (Wildman–Crippen MR) is 239 cm³/mol. The Kier molecular flexibility index (Phi) is 8.28. The highest BCUT2D eigenvalue weighted by Crippen LogP contribution is 2.43. The van der Waals surface area contributed by atoms with E-state index in [1.807, 2.05) is 0 Å². The van der Waals surface area contributed by atoms with Gasteiger partial charge in [0.1, 0.15) is 0 Å². The van der Waals surface area contributed by atoms with Crippen molar-refractivity contribution in [3.63, 3.8) is 0 Å². The Morgan fingerprint density at radius 2 is 0.545 bits per heavy atom. The molecular weight excluding hydrogens is 677 g/mol. The van der Waals surface area contributed by atoms with Crippen LogP contribution in [0.15, 0.2) is 231 Å². The quantitative estimate of drug-likeness (QED) is 0.0876. The van der Waals surface area contributed by atoms with Gasteiger partial charge in [-0.3, -0.25) is 0 Å². The van der Waals surface area contributed by atoms with Crippen LogP contribution in [0.1, 0.15) is 0 Å². The molecule has 10 aromatic rings. The lowest BCUT2D eigenvalue weighted by molar-refractivity contribution is 1.62. The second-order valence-electron chi connectivity index (χ2n) is 14.4. The number of fused-ring (bicyclic) bond motifs is 3. The van der Waals surface area contributed by atoms with Crippen molar-refractivity contribution in [2.75, 3.05) is 0 Å². The maximum Gasteiger partial charge on any atom is 0.179 e. The van der Waals surface area contributed by atoms with E-state index in [4.69, 9.17) is 0 Å². The van der Waals surface area contributed by atoms with Crippen molar-refractivity contribution >= 4 is 61.1 Å². The van der Waals surface area contributed by atoms with Gasteiger partial charge < -0.3 is 0 Å². The van der Waals surface area contributed by atoms with Crippen LogP contribution in [0.25, 0.3) is 65.7 Å². The lowest BCUT2D eigenvalue weighted by Crippen LogP contribution is -2.74. The largest absolute Gasteiger partial charge is 0.179 e. The summed E-state index contributed by atoms with van der Waals surface area (Å²) in [5.74, 6) is 0. The van der Waals surface area contributed by atoms with Crippen LogP contribution < -0.4 is 20.7 Å². The summed E-state index contributed by atoms with van der Waals surface area (Å²) in [6, 6.07) is 85.4. The first-order valence-corrected chi connectivity index (χ1v) is 21.1. The first-order chi connectivity index (χ1) is 27.3. The highest BCUT2D eigenvalue weighted by atomic mass is 28.3. The zero-order valence-corrected chi connectivity index (χ0v) is 31.4. The lowest BCUT2D eigenvalue weighted by Gasteiger charge is -2.34. The van der Waals surface area contributed by atoms with E-state index in [1.54, 1.807) is 0 Å². The van der Waals surface area contributed by atoms with Gasteiger partial charge in [0.25, 0.3) is 0 Å². The van der Waals surface area contributed by atoms with Gasteiger partial charge >= 0.3 is 0 Å². The van der Waals surface area contributed by atoms with E-state index in [1.165, 1.54) is 86.4 Å². The minimum Gasteiger partial charge on any atom is -0.0623 e. The summed E-state index contributed by atoms with van der Waals surface area (Å²) < 4.78 is 0. The van der Waals surface area contributed by atoms with Gasteiger partial charge in [-0.15, -0.1) is 0 Å². The van der Waals surface area contributed by atoms with Gasteiger partial charge in [0, 0.05) is 0 Å². The molecule has 0 heterocycles. The number of benzene rings is 10. The molecule has 55 heavy (non-hydrogen) atoms. The van der Waals surface area contributed by atoms with Crippen molar-refractivity contribution < 1.29 is 0 Å². The van der Waals surface area contributed by atoms with Crippen molar-refractivity contribution in [3.05, 3.63) is 231 Å². The van der Waals surface area contributed by atoms with Crippen LogP contribution >= 0.6 is 0 Å². The van der Waals surface area contributed by atoms with Gasteiger partial charge in [0.2, 0.25) is 0 Å². The molecule has 0 aliphatic carbocycles. The van der Waals surface area contributed by atoms with Crippen molar-refractivity contribution in [3.8, 4) is 33.4 Å². The smallest absolute Gasteiger partial charge is 0.0623 e. The van der Waals surface area contributed by atoms with Crippen molar-refractivity contribution in [2.24, 2.45) is 0 Å². The molecule has 0 radical (unpaired) electrons. The van der Waals surface area contributed by atoms with Crippen LogP contribution in [0.2, 0.25) is 0 Å². The Bertz CT molecular complexity index is 2780. The fraction of sp³-hybridized carbons (Fsp3) is 0. The van der Waals surface area contributed by atoms with Crippen LogP contribution in [-0.2, 0) is 0 Å². The molecule has 0 aliphatic heterocycles. The molecule has 0 saturated carbocycles. The van der Waals surface area contributed by atoms with Crippen LogP contribution in [0, 0.1) is 0 Å². The Hall–Kier alpha value is -6.80. The van der Waals surface area contributed by atoms with Gasteiger partial charge in [0.15, 0.2) is 8.07 Å². The standard InChI is InChI=1S/C54H38Si/c1-4-18-45(19-5-1)55(46-20-6-2-7-21-46,47-22-8-3-9-23-47)48-36-34-42(35-37-48)54-51-26-14-12-24-49(51)53(50-25-13-15-27-52(50)54)41-31-28-40(29-32-41)44-33-30-39-16-10-11-17-43(39)38-44/h1-38H. The van der Waals surface area contributed by atoms with E-state index < -0.39 is 8.07 Å². The summed E-state index contributed by atoms with van der Waals surface area (Å²) in [5.41, 5.74) is 7.47. The Balaban J connectivity index is 1.13. The second-order valence-corrected chi connectivity index (χ2v) is 18.2. The molecule has 0 saturated heterocycles. The molecule has 0 nitrogen and oxygen atoms in total. The average Bonchev–Trinajstić information content (AvgIpc) is 3.27. The molecule has 10 aromatic carbocycles. The monoisotopic (exact) mass is 714 g/mol. The summed E-state index contributed by atoms with van der Waals surface area (Å²) >= 11 is 0. The van der Waals surface area contributed by atoms with E-state index >= 15 is 0 Å². The molecule has 258 valence electrons. The molecule has 0 aromatic heterocycles. The van der Waals surface area contributed by atoms with E-state index in [0.717, 1.165) is 0 Å². The van der Waals surface area contributed by atoms with Gasteiger partial charge in [-0.2, -0.15) is 0 Å². The van der Waals surface area contributed by atoms with Gasteiger partial charge in [0.05, 0.1) is 0 Å². The SMILES string of the molecule is c1ccc([Si](c2ccccc2)(c2ccccc2)c2ccc(-c3c4ccccc4c(-c4ccc(-c5ccc6ccccc6c5)cc4)c4ccccc34)cc2)cc1. The molecule has 0 bridgehead atoms. The molecule has 1 heteroatoms. The van der Waals surface area contributed by atoms with Crippen LogP contribution in [0.5, 0.6) is 0 Å². The Labute approximate surface area is 323 Å². The maximum atomic E-state index is 2.41. The first kappa shape index (κ1) is 32.8. The zero-order valence-electron chi connectivity index (χ0n) is 30.4. The van der Waals surface area contributed by atoms with E-state index in [-0.39, 0.29) is 0 Å². The number of rotatable bonds is 7. The minimum atomic E-state index is -2.63. The Morgan fingerprint density at radius 3 is 1.00 bits per heavy atom. The molecule has 0 atom stereocenters. The fourth-order valence-corrected chi connectivity index (χ4v) is 13.6. The lowest BCUT2D eigenvalue weighted by atomic mass is 9.85. The molecule has 0 amide bonds. The summed E-state index contributed by atoms with van der Waals surface area (Å²) in [6.07, 6.45) is 0. The van der Waals surface area contributed by atoms with Crippen molar-refractivity contribution in [1.29, 1.82) is 0 Å². The van der Waals surface area contributed by atoms with Gasteiger partial charge in [-0.1, -0.05) is 224 Å². The van der Waals surface area contributed by atoms with E-state index in [9.17, 15) is 0 Å². The second kappa shape index (κ2) is 13.9. The zero-order chi connectivity index (χ0) is 36.6. The highest BCUT2D eigenvalue weighted by molar-refractivity contribution is 7.19. The first-order valence-electron chi connectivity index (χ1n) is 19.1. The third-order valence-corrected chi connectivity index (χ3v) is 16.2. The van der Waals surface area contributed by atoms with Crippen LogP contribution in [-0.4, -0.2) is 8.07 Å². The normalized spacial score (nSPS) is 11.6. The summed E-state index contributed by atoms with van der Waals surface area (Å²) in [4.78, 5) is 0. The number of hydrogen-bond donors (Lipinski definition) is 0. The molecular formula is C54H38Si. The summed E-state index contributed by atoms with van der Waals surface area (Å²) in [7, 11) is -2.63. The molecule has 10 rings (SSSR count). The molecule has 0 N–H and O–H groups in total. The predicted octanol–water partition coefficient (Wildman–Crippen LogP) is 11.5. The third kappa shape index (κ3) is 5.60. The third-order valence-electron chi connectivity index (χ3n) is 11.4. The molecule has 0 aliphatic rings. The van der Waals surface area contributed by atoms with Gasteiger partial charge in [-0.25, -0.2) is 0 Å². The van der Waals surface area contributed by atoms with Gasteiger partial charge in [-0.05, 0) is 92.5 Å². The summed E-state index contributed by atoms with van der Waals surface area (Å²) in [5, 5.41) is 13.1. The molecule has 0 spiro atoms. The maximum absolute atomic E-state index is 2.63. The molecule has 0 fully saturated rings. The number of hydrogen-bond acceptors (Lipinski definition) is 0. The van der Waals surface area contributed by atoms with E-state index in [2.05, 4.69) is 231 Å². The fourth-order valence-electron chi connectivity index (χ4n) is 8.90. The topological polar surface area (TPSA) is 0 Å². The Morgan fingerprint density at radius 1 is 0.218 bits per heavy atom.